The second-order valence-electron chi connectivity index (χ2n) is 9.72. The minimum absolute atomic E-state index is 0.0791. The third kappa shape index (κ3) is 2.41. The van der Waals surface area contributed by atoms with Crippen molar-refractivity contribution in [1.29, 1.82) is 0 Å². The highest BCUT2D eigenvalue weighted by atomic mass is 16.6. The van der Waals surface area contributed by atoms with Crippen molar-refractivity contribution < 1.29 is 43.6 Å². The summed E-state index contributed by atoms with van der Waals surface area (Å²) in [6.45, 7) is 6.75. The summed E-state index contributed by atoms with van der Waals surface area (Å²) in [6.07, 6.45) is -0.0669. The van der Waals surface area contributed by atoms with Gasteiger partial charge in [-0.05, 0) is 43.4 Å². The molecule has 0 aromatic rings. The number of hydrogen-bond acceptors (Lipinski definition) is 9. The molecule has 4 aliphatic carbocycles. The summed E-state index contributed by atoms with van der Waals surface area (Å²) in [4.78, 5) is 50.8. The van der Waals surface area contributed by atoms with Crippen molar-refractivity contribution in [2.75, 3.05) is 14.2 Å². The highest BCUT2D eigenvalue weighted by Crippen LogP contribution is 2.75. The first-order chi connectivity index (χ1) is 14.8. The molecule has 7 atom stereocenters. The van der Waals surface area contributed by atoms with Crippen molar-refractivity contribution in [1.82, 2.24) is 0 Å². The summed E-state index contributed by atoms with van der Waals surface area (Å²) < 4.78 is 15.7. The van der Waals surface area contributed by atoms with Crippen LogP contribution in [-0.2, 0) is 33.4 Å². The summed E-state index contributed by atoms with van der Waals surface area (Å²) in [5, 5.41) is 22.9. The van der Waals surface area contributed by atoms with Gasteiger partial charge in [-0.25, -0.2) is 0 Å². The zero-order valence-corrected chi connectivity index (χ0v) is 18.6. The van der Waals surface area contributed by atoms with Crippen molar-refractivity contribution >= 4 is 23.7 Å². The maximum Gasteiger partial charge on any atom is 0.315 e. The Balaban J connectivity index is 2.00. The molecule has 0 aliphatic heterocycles. The molecule has 1 spiro atoms. The van der Waals surface area contributed by atoms with Crippen LogP contribution in [0.4, 0.5) is 0 Å². The first-order valence-corrected chi connectivity index (χ1v) is 10.5. The van der Waals surface area contributed by atoms with Crippen molar-refractivity contribution in [3.63, 3.8) is 0 Å². The maximum atomic E-state index is 13.3. The Morgan fingerprint density at radius 3 is 2.41 bits per heavy atom. The summed E-state index contributed by atoms with van der Waals surface area (Å²) in [7, 11) is 2.33. The lowest BCUT2D eigenvalue weighted by atomic mass is 9.59. The number of esters is 3. The number of carbonyl (C=O) groups is 4. The molecule has 0 aromatic heterocycles. The van der Waals surface area contributed by atoms with E-state index in [1.54, 1.807) is 0 Å². The van der Waals surface area contributed by atoms with Gasteiger partial charge in [0.1, 0.15) is 17.1 Å². The molecule has 2 N–H and O–H groups in total. The molecule has 3 fully saturated rings. The quantitative estimate of drug-likeness (QED) is 0.362. The van der Waals surface area contributed by atoms with E-state index in [-0.39, 0.29) is 31.3 Å². The van der Waals surface area contributed by atoms with Gasteiger partial charge in [0.05, 0.1) is 25.7 Å². The number of rotatable bonds is 3. The Morgan fingerprint density at radius 1 is 1.19 bits per heavy atom. The SMILES string of the molecule is C=C1C[C@]23C[C@@]1(OC(C)=O)CC[C@]2(O)C1=CC(=O)[C@H](O)[C@@](C)(C(=O)OC)[C@H]1[C@@H]3C(=O)OC. The molecule has 4 aliphatic rings. The predicted molar refractivity (Wildman–Crippen MR) is 108 cm³/mol. The highest BCUT2D eigenvalue weighted by molar-refractivity contribution is 6.02. The van der Waals surface area contributed by atoms with Crippen LogP contribution in [0.15, 0.2) is 23.8 Å². The van der Waals surface area contributed by atoms with Crippen LogP contribution in [0.25, 0.3) is 0 Å². The lowest BCUT2D eigenvalue weighted by Gasteiger charge is -2.48. The van der Waals surface area contributed by atoms with Gasteiger partial charge in [-0.3, -0.25) is 19.2 Å². The number of carbonyl (C=O) groups excluding carboxylic acids is 4. The fraction of sp³-hybridized carbons (Fsp3) is 0.652. The number of ketones is 1. The summed E-state index contributed by atoms with van der Waals surface area (Å²) >= 11 is 0. The zero-order chi connectivity index (χ0) is 23.9. The van der Waals surface area contributed by atoms with Gasteiger partial charge in [-0.1, -0.05) is 6.58 Å². The third-order valence-corrected chi connectivity index (χ3v) is 8.43. The molecule has 3 saturated carbocycles. The van der Waals surface area contributed by atoms with E-state index in [4.69, 9.17) is 14.2 Å². The Labute approximate surface area is 185 Å². The van der Waals surface area contributed by atoms with E-state index >= 15 is 0 Å². The molecule has 174 valence electrons. The number of fused-ring (bicyclic) bond motifs is 3. The van der Waals surface area contributed by atoms with E-state index in [1.165, 1.54) is 21.0 Å². The smallest absolute Gasteiger partial charge is 0.315 e. The molecular weight excluding hydrogens is 420 g/mol. The van der Waals surface area contributed by atoms with Gasteiger partial charge in [0.25, 0.3) is 0 Å². The van der Waals surface area contributed by atoms with E-state index in [0.29, 0.717) is 5.57 Å². The first kappa shape index (κ1) is 22.7. The van der Waals surface area contributed by atoms with Crippen molar-refractivity contribution in [3.8, 4) is 0 Å². The fourth-order valence-corrected chi connectivity index (χ4v) is 7.05. The zero-order valence-electron chi connectivity index (χ0n) is 18.6. The van der Waals surface area contributed by atoms with Gasteiger partial charge in [0.15, 0.2) is 5.78 Å². The van der Waals surface area contributed by atoms with Crippen LogP contribution in [0.2, 0.25) is 0 Å². The normalized spacial score (nSPS) is 44.3. The van der Waals surface area contributed by atoms with Gasteiger partial charge in [-0.2, -0.15) is 0 Å². The monoisotopic (exact) mass is 448 g/mol. The van der Waals surface area contributed by atoms with E-state index in [2.05, 4.69) is 6.58 Å². The van der Waals surface area contributed by atoms with Gasteiger partial charge in [-0.15, -0.1) is 0 Å². The van der Waals surface area contributed by atoms with Crippen LogP contribution in [0.5, 0.6) is 0 Å². The van der Waals surface area contributed by atoms with Crippen LogP contribution < -0.4 is 0 Å². The average Bonchev–Trinajstić information content (AvgIpc) is 3.11. The molecule has 4 rings (SSSR count). The number of hydrogen-bond donors (Lipinski definition) is 2. The van der Waals surface area contributed by atoms with E-state index in [1.807, 2.05) is 0 Å². The van der Waals surface area contributed by atoms with Gasteiger partial charge < -0.3 is 24.4 Å². The van der Waals surface area contributed by atoms with Crippen LogP contribution in [0.1, 0.15) is 39.5 Å². The van der Waals surface area contributed by atoms with Crippen molar-refractivity contribution in [3.05, 3.63) is 23.8 Å². The lowest BCUT2D eigenvalue weighted by Crippen LogP contribution is -2.55. The van der Waals surface area contributed by atoms with Crippen LogP contribution >= 0.6 is 0 Å². The fourth-order valence-electron chi connectivity index (χ4n) is 7.05. The van der Waals surface area contributed by atoms with E-state index in [9.17, 15) is 29.4 Å². The topological polar surface area (TPSA) is 136 Å². The molecule has 9 nitrogen and oxygen atoms in total. The minimum Gasteiger partial charge on any atom is -0.469 e. The molecule has 9 heteroatoms. The molecule has 0 saturated heterocycles. The second-order valence-corrected chi connectivity index (χ2v) is 9.72. The van der Waals surface area contributed by atoms with Gasteiger partial charge in [0, 0.05) is 24.7 Å². The third-order valence-electron chi connectivity index (χ3n) is 8.43. The largest absolute Gasteiger partial charge is 0.469 e. The second kappa shape index (κ2) is 6.74. The highest BCUT2D eigenvalue weighted by Gasteiger charge is 2.80. The standard InChI is InChI=1S/C23H28O9/c1-11-9-21-10-22(11,32-12(2)24)6-7-23(21,29)13-8-14(25)17(26)20(3,19(28)31-5)15(13)16(21)18(27)30-4/h8,15-17,26,29H,1,6-7,9-10H2,2-5H3/t15-,16-,17+,20+,21-,22+,23+/m1/s1. The van der Waals surface area contributed by atoms with E-state index < -0.39 is 63.7 Å². The molecule has 32 heavy (non-hydrogen) atoms. The number of methoxy groups -OCH3 is 2. The Kier molecular flexibility index (Phi) is 4.78. The molecule has 2 bridgehead atoms. The number of aliphatic hydroxyl groups is 2. The molecule has 0 aromatic carbocycles. The number of aliphatic hydroxyl groups excluding tert-OH is 1. The predicted octanol–water partition coefficient (Wildman–Crippen LogP) is 0.618. The first-order valence-electron chi connectivity index (χ1n) is 10.5. The minimum atomic E-state index is -1.83. The van der Waals surface area contributed by atoms with Gasteiger partial charge >= 0.3 is 17.9 Å². The summed E-state index contributed by atoms with van der Waals surface area (Å²) in [6, 6.07) is 0. The van der Waals surface area contributed by atoms with Crippen molar-refractivity contribution in [2.24, 2.45) is 22.7 Å². The Bertz CT molecular complexity index is 982. The van der Waals surface area contributed by atoms with E-state index in [0.717, 1.165) is 13.2 Å². The molecule has 0 unspecified atom stereocenters. The maximum absolute atomic E-state index is 13.3. The lowest BCUT2D eigenvalue weighted by molar-refractivity contribution is -0.179. The Morgan fingerprint density at radius 2 is 1.84 bits per heavy atom. The average molecular weight is 448 g/mol. The van der Waals surface area contributed by atoms with Crippen LogP contribution in [-0.4, -0.2) is 65.4 Å². The van der Waals surface area contributed by atoms with Crippen LogP contribution in [0.3, 0.4) is 0 Å². The Hall–Kier alpha value is -2.52. The summed E-state index contributed by atoms with van der Waals surface area (Å²) in [5.74, 6) is -4.98. The van der Waals surface area contributed by atoms with Gasteiger partial charge in [0.2, 0.25) is 0 Å². The number of ether oxygens (including phenoxy) is 3. The molecule has 0 heterocycles. The molecule has 0 amide bonds. The van der Waals surface area contributed by atoms with Crippen molar-refractivity contribution in [2.45, 2.75) is 56.8 Å². The van der Waals surface area contributed by atoms with Crippen LogP contribution in [0, 0.1) is 22.7 Å². The molecular formula is C23H28O9. The summed E-state index contributed by atoms with van der Waals surface area (Å²) in [5.41, 5.74) is -5.02. The molecule has 0 radical (unpaired) electrons.